The summed E-state index contributed by atoms with van der Waals surface area (Å²) < 4.78 is 5.41. The van der Waals surface area contributed by atoms with E-state index >= 15 is 0 Å². The van der Waals surface area contributed by atoms with Crippen LogP contribution in [0.25, 0.3) is 0 Å². The Morgan fingerprint density at radius 1 is 1.31 bits per heavy atom. The van der Waals surface area contributed by atoms with Gasteiger partial charge in [-0.15, -0.1) is 0 Å². The van der Waals surface area contributed by atoms with Gasteiger partial charge in [0.2, 0.25) is 0 Å². The molecule has 74 valence electrons. The molecule has 0 saturated heterocycles. The second kappa shape index (κ2) is 3.29. The number of ether oxygens (including phenoxy) is 1. The Morgan fingerprint density at radius 2 is 1.85 bits per heavy atom. The van der Waals surface area contributed by atoms with Crippen LogP contribution in [0, 0.1) is 17.8 Å². The fourth-order valence-electron chi connectivity index (χ4n) is 3.06. The van der Waals surface area contributed by atoms with Crippen LogP contribution in [0.15, 0.2) is 0 Å². The van der Waals surface area contributed by atoms with E-state index in [1.54, 1.807) is 7.11 Å². The van der Waals surface area contributed by atoms with Gasteiger partial charge in [-0.2, -0.15) is 0 Å². The summed E-state index contributed by atoms with van der Waals surface area (Å²) in [7, 11) is 1.75. The van der Waals surface area contributed by atoms with Crippen LogP contribution in [0.3, 0.4) is 0 Å². The Kier molecular flexibility index (Phi) is 2.28. The van der Waals surface area contributed by atoms with Gasteiger partial charge in [-0.05, 0) is 37.5 Å². The molecule has 0 heterocycles. The number of carboxylic acid groups (broad SMARTS) is 1. The first-order chi connectivity index (χ1) is 6.22. The molecular formula is C10H16O3. The predicted molar refractivity (Wildman–Crippen MR) is 47.4 cm³/mol. The quantitative estimate of drug-likeness (QED) is 0.707. The molecule has 0 aromatic rings. The smallest absolute Gasteiger partial charge is 0.306 e. The van der Waals surface area contributed by atoms with Gasteiger partial charge in [-0.3, -0.25) is 4.79 Å². The van der Waals surface area contributed by atoms with E-state index in [1.807, 2.05) is 0 Å². The fourth-order valence-corrected chi connectivity index (χ4v) is 3.06. The molecule has 0 aromatic carbocycles. The molecular weight excluding hydrogens is 168 g/mol. The normalized spacial score (nSPS) is 43.5. The van der Waals surface area contributed by atoms with E-state index in [1.165, 1.54) is 0 Å². The molecule has 2 rings (SSSR count). The van der Waals surface area contributed by atoms with Crippen molar-refractivity contribution in [3.05, 3.63) is 0 Å². The van der Waals surface area contributed by atoms with E-state index in [0.717, 1.165) is 25.7 Å². The van der Waals surface area contributed by atoms with Crippen molar-refractivity contribution in [2.24, 2.45) is 17.8 Å². The highest BCUT2D eigenvalue weighted by atomic mass is 16.5. The summed E-state index contributed by atoms with van der Waals surface area (Å²) in [6.45, 7) is 0. The molecule has 0 aromatic heterocycles. The Morgan fingerprint density at radius 3 is 2.23 bits per heavy atom. The lowest BCUT2D eigenvalue weighted by molar-refractivity contribution is -0.145. The Balaban J connectivity index is 2.06. The van der Waals surface area contributed by atoms with Crippen LogP contribution in [0.4, 0.5) is 0 Å². The van der Waals surface area contributed by atoms with E-state index in [-0.39, 0.29) is 5.92 Å². The summed E-state index contributed by atoms with van der Waals surface area (Å²) in [6.07, 6.45) is 4.31. The van der Waals surface area contributed by atoms with Crippen molar-refractivity contribution in [1.82, 2.24) is 0 Å². The van der Waals surface area contributed by atoms with Crippen molar-refractivity contribution in [2.75, 3.05) is 7.11 Å². The van der Waals surface area contributed by atoms with E-state index in [9.17, 15) is 4.79 Å². The van der Waals surface area contributed by atoms with Crippen molar-refractivity contribution in [3.63, 3.8) is 0 Å². The highest BCUT2D eigenvalue weighted by Crippen LogP contribution is 2.46. The standard InChI is InChI=1S/C10H16O3/c1-13-9-6-2-3-7(9)5-8(4-6)10(11)12/h6-9H,2-5H2,1H3,(H,11,12). The van der Waals surface area contributed by atoms with E-state index in [0.29, 0.717) is 17.9 Å². The average Bonchev–Trinajstić information content (AvgIpc) is 2.34. The Labute approximate surface area is 78.1 Å². The second-order valence-electron chi connectivity index (χ2n) is 4.30. The second-order valence-corrected chi connectivity index (χ2v) is 4.30. The SMILES string of the molecule is COC1C2CCC1CC(C(=O)O)C2. The highest BCUT2D eigenvalue weighted by molar-refractivity contribution is 5.70. The summed E-state index contributed by atoms with van der Waals surface area (Å²) in [5, 5.41) is 8.92. The lowest BCUT2D eigenvalue weighted by atomic mass is 9.79. The van der Waals surface area contributed by atoms with Gasteiger partial charge in [0.05, 0.1) is 12.0 Å². The van der Waals surface area contributed by atoms with Gasteiger partial charge in [0, 0.05) is 7.11 Å². The lowest BCUT2D eigenvalue weighted by Crippen LogP contribution is -2.35. The van der Waals surface area contributed by atoms with Gasteiger partial charge in [-0.1, -0.05) is 0 Å². The van der Waals surface area contributed by atoms with Gasteiger partial charge in [-0.25, -0.2) is 0 Å². The molecule has 2 aliphatic carbocycles. The maximum Gasteiger partial charge on any atom is 0.306 e. The maximum absolute atomic E-state index is 10.8. The zero-order valence-electron chi connectivity index (χ0n) is 7.90. The summed E-state index contributed by atoms with van der Waals surface area (Å²) in [4.78, 5) is 10.8. The molecule has 3 heteroatoms. The predicted octanol–water partition coefficient (Wildman–Crippen LogP) is 1.52. The Hall–Kier alpha value is -0.570. The third kappa shape index (κ3) is 1.46. The van der Waals surface area contributed by atoms with Crippen LogP contribution in [-0.2, 0) is 9.53 Å². The van der Waals surface area contributed by atoms with Gasteiger partial charge in [0.25, 0.3) is 0 Å². The molecule has 0 radical (unpaired) electrons. The summed E-state index contributed by atoms with van der Waals surface area (Å²) in [6, 6.07) is 0. The van der Waals surface area contributed by atoms with Gasteiger partial charge in [0.15, 0.2) is 0 Å². The number of carbonyl (C=O) groups is 1. The highest BCUT2D eigenvalue weighted by Gasteiger charge is 2.44. The monoisotopic (exact) mass is 184 g/mol. The molecule has 0 spiro atoms. The molecule has 0 amide bonds. The van der Waals surface area contributed by atoms with Crippen LogP contribution in [0.5, 0.6) is 0 Å². The van der Waals surface area contributed by atoms with Crippen LogP contribution in [0.1, 0.15) is 25.7 Å². The molecule has 2 atom stereocenters. The number of aliphatic carboxylic acids is 1. The molecule has 13 heavy (non-hydrogen) atoms. The molecule has 0 aliphatic heterocycles. The molecule has 2 aliphatic rings. The van der Waals surface area contributed by atoms with Crippen LogP contribution < -0.4 is 0 Å². The maximum atomic E-state index is 10.8. The summed E-state index contributed by atoms with van der Waals surface area (Å²) >= 11 is 0. The van der Waals surface area contributed by atoms with Crippen LogP contribution in [0.2, 0.25) is 0 Å². The van der Waals surface area contributed by atoms with E-state index in [2.05, 4.69) is 0 Å². The summed E-state index contributed by atoms with van der Waals surface area (Å²) in [5.41, 5.74) is 0. The average molecular weight is 184 g/mol. The minimum absolute atomic E-state index is 0.108. The third-order valence-electron chi connectivity index (χ3n) is 3.63. The third-order valence-corrected chi connectivity index (χ3v) is 3.63. The van der Waals surface area contributed by atoms with Gasteiger partial charge in [0.1, 0.15) is 0 Å². The molecule has 2 fully saturated rings. The topological polar surface area (TPSA) is 46.5 Å². The number of hydrogen-bond donors (Lipinski definition) is 1. The molecule has 1 N–H and O–H groups in total. The van der Waals surface area contributed by atoms with Crippen molar-refractivity contribution in [3.8, 4) is 0 Å². The Bertz CT molecular complexity index is 200. The van der Waals surface area contributed by atoms with E-state index in [4.69, 9.17) is 9.84 Å². The van der Waals surface area contributed by atoms with Crippen LogP contribution >= 0.6 is 0 Å². The summed E-state index contributed by atoms with van der Waals surface area (Å²) in [5.74, 6) is 0.282. The van der Waals surface area contributed by atoms with Gasteiger partial charge >= 0.3 is 5.97 Å². The minimum atomic E-state index is -0.619. The number of methoxy groups -OCH3 is 1. The van der Waals surface area contributed by atoms with Crippen molar-refractivity contribution >= 4 is 5.97 Å². The zero-order chi connectivity index (χ0) is 9.42. The van der Waals surface area contributed by atoms with Gasteiger partial charge < -0.3 is 9.84 Å². The van der Waals surface area contributed by atoms with Crippen molar-refractivity contribution in [2.45, 2.75) is 31.8 Å². The molecule has 2 unspecified atom stereocenters. The zero-order valence-corrected chi connectivity index (χ0v) is 7.90. The van der Waals surface area contributed by atoms with Crippen LogP contribution in [-0.4, -0.2) is 24.3 Å². The first-order valence-electron chi connectivity index (χ1n) is 4.98. The fraction of sp³-hybridized carbons (Fsp3) is 0.900. The first kappa shape index (κ1) is 9.00. The molecule has 3 nitrogen and oxygen atoms in total. The number of rotatable bonds is 2. The van der Waals surface area contributed by atoms with Crippen molar-refractivity contribution in [1.29, 1.82) is 0 Å². The molecule has 2 bridgehead atoms. The number of fused-ring (bicyclic) bond motifs is 2. The minimum Gasteiger partial charge on any atom is -0.481 e. The largest absolute Gasteiger partial charge is 0.481 e. The lowest BCUT2D eigenvalue weighted by Gasteiger charge is -2.32. The van der Waals surface area contributed by atoms with E-state index < -0.39 is 5.97 Å². The molecule has 2 saturated carbocycles. The van der Waals surface area contributed by atoms with Crippen molar-refractivity contribution < 1.29 is 14.6 Å². The number of hydrogen-bond acceptors (Lipinski definition) is 2. The first-order valence-corrected chi connectivity index (χ1v) is 4.98. The number of carboxylic acids is 1.